The molecule has 1 aromatic heterocycles. The normalized spacial score (nSPS) is 23.5. The highest BCUT2D eigenvalue weighted by atomic mass is 16.2. The Hall–Kier alpha value is -3.08. The monoisotopic (exact) mass is 455 g/mol. The molecule has 2 aliphatic heterocycles. The third-order valence-electron chi connectivity index (χ3n) is 8.23. The lowest BCUT2D eigenvalue weighted by Gasteiger charge is -2.49. The van der Waals surface area contributed by atoms with Gasteiger partial charge < -0.3 is 14.8 Å². The van der Waals surface area contributed by atoms with E-state index in [0.29, 0.717) is 12.3 Å². The first kappa shape index (κ1) is 21.5. The van der Waals surface area contributed by atoms with Gasteiger partial charge in [0.05, 0.1) is 6.04 Å². The Kier molecular flexibility index (Phi) is 5.23. The summed E-state index contributed by atoms with van der Waals surface area (Å²) >= 11 is 0. The molecule has 5 heteroatoms. The molecule has 6 rings (SSSR count). The molecule has 0 bridgehead atoms. The summed E-state index contributed by atoms with van der Waals surface area (Å²) in [7, 11) is 0. The van der Waals surface area contributed by atoms with Crippen molar-refractivity contribution in [3.8, 4) is 0 Å². The van der Waals surface area contributed by atoms with Crippen LogP contribution in [0, 0.1) is 0 Å². The fourth-order valence-corrected chi connectivity index (χ4v) is 6.40. The van der Waals surface area contributed by atoms with Gasteiger partial charge in [-0.3, -0.25) is 9.59 Å². The topological polar surface area (TPSA) is 56.4 Å². The van der Waals surface area contributed by atoms with Crippen LogP contribution in [-0.2, 0) is 16.0 Å². The molecule has 1 saturated heterocycles. The molecule has 1 saturated carbocycles. The van der Waals surface area contributed by atoms with Gasteiger partial charge in [0.1, 0.15) is 12.6 Å². The number of hydrogen-bond donors (Lipinski definition) is 1. The molecule has 3 heterocycles. The molecule has 3 aromatic rings. The van der Waals surface area contributed by atoms with Gasteiger partial charge in [-0.2, -0.15) is 0 Å². The molecule has 2 atom stereocenters. The van der Waals surface area contributed by atoms with Crippen LogP contribution in [0.2, 0.25) is 0 Å². The van der Waals surface area contributed by atoms with Crippen LogP contribution in [0.5, 0.6) is 0 Å². The zero-order valence-corrected chi connectivity index (χ0v) is 20.1. The smallest absolute Gasteiger partial charge is 0.246 e. The molecule has 34 heavy (non-hydrogen) atoms. The molecule has 2 amide bonds. The molecular weight excluding hydrogens is 422 g/mol. The minimum atomic E-state index is -0.440. The largest absolute Gasteiger partial charge is 0.356 e. The number of nitrogens with zero attached hydrogens (tertiary/aromatic N) is 2. The Labute approximate surface area is 201 Å². The first-order valence-corrected chi connectivity index (χ1v) is 12.8. The Balaban J connectivity index is 1.46. The molecular formula is C29H33N3O2. The maximum absolute atomic E-state index is 13.9. The first-order chi connectivity index (χ1) is 16.5. The van der Waals surface area contributed by atoms with Crippen molar-refractivity contribution in [3.63, 3.8) is 0 Å². The number of H-pyrrole nitrogens is 1. The van der Waals surface area contributed by atoms with Crippen molar-refractivity contribution < 1.29 is 9.59 Å². The predicted octanol–water partition coefficient (Wildman–Crippen LogP) is 5.31. The van der Waals surface area contributed by atoms with E-state index in [2.05, 4.69) is 61.3 Å². The fraction of sp³-hybridized carbons (Fsp3) is 0.448. The Morgan fingerprint density at radius 1 is 0.941 bits per heavy atom. The van der Waals surface area contributed by atoms with Crippen LogP contribution in [0.25, 0.3) is 10.9 Å². The van der Waals surface area contributed by atoms with Crippen LogP contribution in [0.15, 0.2) is 48.5 Å². The van der Waals surface area contributed by atoms with Gasteiger partial charge in [0, 0.05) is 29.1 Å². The lowest BCUT2D eigenvalue weighted by Crippen LogP contribution is -2.65. The van der Waals surface area contributed by atoms with E-state index in [1.165, 1.54) is 17.5 Å². The molecule has 0 unspecified atom stereocenters. The van der Waals surface area contributed by atoms with Crippen molar-refractivity contribution >= 4 is 22.7 Å². The van der Waals surface area contributed by atoms with Crippen molar-refractivity contribution in [1.29, 1.82) is 0 Å². The summed E-state index contributed by atoms with van der Waals surface area (Å²) in [5.74, 6) is 0.641. The molecule has 5 nitrogen and oxygen atoms in total. The van der Waals surface area contributed by atoms with Gasteiger partial charge >= 0.3 is 0 Å². The third-order valence-corrected chi connectivity index (χ3v) is 8.23. The average molecular weight is 456 g/mol. The highest BCUT2D eigenvalue weighted by Crippen LogP contribution is 2.43. The van der Waals surface area contributed by atoms with Gasteiger partial charge in [0.15, 0.2) is 0 Å². The Morgan fingerprint density at radius 2 is 1.68 bits per heavy atom. The van der Waals surface area contributed by atoms with E-state index in [4.69, 9.17) is 0 Å². The summed E-state index contributed by atoms with van der Waals surface area (Å²) in [5, 5.41) is 1.16. The lowest BCUT2D eigenvalue weighted by molar-refractivity contribution is -0.161. The summed E-state index contributed by atoms with van der Waals surface area (Å²) in [4.78, 5) is 35.1. The zero-order valence-electron chi connectivity index (χ0n) is 20.1. The highest BCUT2D eigenvalue weighted by Gasteiger charge is 2.49. The first-order valence-electron chi connectivity index (χ1n) is 12.8. The van der Waals surface area contributed by atoms with Crippen LogP contribution < -0.4 is 0 Å². The minimum absolute atomic E-state index is 0.0671. The standard InChI is InChI=1S/C29H33N3O2/c1-18(2)19-12-14-20(15-13-19)28-27-23(22-10-6-7-11-24(22)30-27)16-25-29(34)31(17-26(33)32(25)28)21-8-4-3-5-9-21/h6-7,10-15,18,21,25,28,30H,3-5,8-9,16-17H2,1-2H3/t25-,28-/m0/s1. The van der Waals surface area contributed by atoms with Gasteiger partial charge in [-0.15, -0.1) is 0 Å². The van der Waals surface area contributed by atoms with Crippen LogP contribution in [0.3, 0.4) is 0 Å². The van der Waals surface area contributed by atoms with E-state index in [1.54, 1.807) is 0 Å². The maximum atomic E-state index is 13.9. The van der Waals surface area contributed by atoms with Crippen molar-refractivity contribution in [3.05, 3.63) is 70.9 Å². The summed E-state index contributed by atoms with van der Waals surface area (Å²) in [5.41, 5.74) is 5.65. The van der Waals surface area contributed by atoms with Crippen molar-refractivity contribution in [2.45, 2.75) is 76.4 Å². The number of fused-ring (bicyclic) bond motifs is 4. The number of piperazine rings is 1. The molecule has 2 aromatic carbocycles. The zero-order chi connectivity index (χ0) is 23.4. The number of para-hydroxylation sites is 1. The van der Waals surface area contributed by atoms with E-state index in [1.807, 2.05) is 15.9 Å². The molecule has 0 spiro atoms. The summed E-state index contributed by atoms with van der Waals surface area (Å²) in [6.45, 7) is 4.58. The number of nitrogens with one attached hydrogen (secondary N) is 1. The van der Waals surface area contributed by atoms with E-state index < -0.39 is 6.04 Å². The third kappa shape index (κ3) is 3.36. The number of benzene rings is 2. The molecule has 176 valence electrons. The molecule has 0 radical (unpaired) electrons. The Bertz CT molecular complexity index is 1240. The average Bonchev–Trinajstić information content (AvgIpc) is 3.24. The van der Waals surface area contributed by atoms with Crippen LogP contribution in [0.4, 0.5) is 0 Å². The van der Waals surface area contributed by atoms with E-state index >= 15 is 0 Å². The van der Waals surface area contributed by atoms with E-state index in [0.717, 1.165) is 47.8 Å². The number of carbonyl (C=O) groups excluding carboxylic acids is 2. The van der Waals surface area contributed by atoms with Crippen LogP contribution in [-0.4, -0.2) is 45.2 Å². The van der Waals surface area contributed by atoms with E-state index in [-0.39, 0.29) is 30.4 Å². The molecule has 1 N–H and O–H groups in total. The number of aromatic amines is 1. The van der Waals surface area contributed by atoms with Crippen molar-refractivity contribution in [2.75, 3.05) is 6.54 Å². The quantitative estimate of drug-likeness (QED) is 0.582. The van der Waals surface area contributed by atoms with Gasteiger partial charge in [-0.25, -0.2) is 0 Å². The van der Waals surface area contributed by atoms with Crippen LogP contribution in [0.1, 0.15) is 80.3 Å². The SMILES string of the molecule is CC(C)c1ccc([C@H]2c3[nH]c4ccccc4c3C[C@H]3C(=O)N(C4CCCCC4)CC(=O)N23)cc1. The highest BCUT2D eigenvalue weighted by molar-refractivity contribution is 5.97. The molecule has 1 aliphatic carbocycles. The van der Waals surface area contributed by atoms with Crippen molar-refractivity contribution in [2.24, 2.45) is 0 Å². The van der Waals surface area contributed by atoms with Crippen LogP contribution >= 0.6 is 0 Å². The second kappa shape index (κ2) is 8.30. The molecule has 3 aliphatic rings. The van der Waals surface area contributed by atoms with Gasteiger partial charge in [-0.1, -0.05) is 75.6 Å². The minimum Gasteiger partial charge on any atom is -0.356 e. The number of aromatic nitrogens is 1. The van der Waals surface area contributed by atoms with Gasteiger partial charge in [-0.05, 0) is 41.5 Å². The Morgan fingerprint density at radius 3 is 2.41 bits per heavy atom. The maximum Gasteiger partial charge on any atom is 0.246 e. The number of amides is 2. The summed E-state index contributed by atoms with van der Waals surface area (Å²) < 4.78 is 0. The predicted molar refractivity (Wildman–Crippen MR) is 134 cm³/mol. The summed E-state index contributed by atoms with van der Waals surface area (Å²) in [6, 6.07) is 16.4. The number of rotatable bonds is 3. The van der Waals surface area contributed by atoms with Gasteiger partial charge in [0.2, 0.25) is 11.8 Å². The second-order valence-electron chi connectivity index (χ2n) is 10.6. The fourth-order valence-electron chi connectivity index (χ4n) is 6.40. The van der Waals surface area contributed by atoms with E-state index in [9.17, 15) is 9.59 Å². The number of hydrogen-bond acceptors (Lipinski definition) is 2. The molecule has 2 fully saturated rings. The number of carbonyl (C=O) groups is 2. The van der Waals surface area contributed by atoms with Crippen molar-refractivity contribution in [1.82, 2.24) is 14.8 Å². The lowest BCUT2D eigenvalue weighted by atomic mass is 9.84. The second-order valence-corrected chi connectivity index (χ2v) is 10.6. The van der Waals surface area contributed by atoms with Gasteiger partial charge in [0.25, 0.3) is 0 Å². The summed E-state index contributed by atoms with van der Waals surface area (Å²) in [6.07, 6.45) is 6.14.